The number of hydrogen-bond acceptors (Lipinski definition) is 6. The first-order chi connectivity index (χ1) is 15.4. The number of piperazine rings is 1. The Morgan fingerprint density at radius 3 is 2.53 bits per heavy atom. The van der Waals surface area contributed by atoms with Crippen molar-refractivity contribution in [3.63, 3.8) is 0 Å². The van der Waals surface area contributed by atoms with Gasteiger partial charge in [0.15, 0.2) is 0 Å². The molecule has 2 aromatic carbocycles. The number of ether oxygens (including phenoxy) is 1. The molecule has 6 nitrogen and oxygen atoms in total. The van der Waals surface area contributed by atoms with E-state index in [1.54, 1.807) is 12.1 Å². The lowest BCUT2D eigenvalue weighted by molar-refractivity contribution is 0.103. The second kappa shape index (κ2) is 9.90. The van der Waals surface area contributed by atoms with Gasteiger partial charge < -0.3 is 19.9 Å². The van der Waals surface area contributed by atoms with Gasteiger partial charge in [-0.25, -0.2) is 4.98 Å². The number of thiazole rings is 1. The molecule has 1 aromatic heterocycles. The molecule has 1 aliphatic rings. The van der Waals surface area contributed by atoms with Crippen LogP contribution in [-0.2, 0) is 6.61 Å². The van der Waals surface area contributed by atoms with E-state index in [0.717, 1.165) is 42.4 Å². The topological polar surface area (TPSA) is 57.7 Å². The van der Waals surface area contributed by atoms with Gasteiger partial charge in [0.05, 0.1) is 5.69 Å². The predicted molar refractivity (Wildman–Crippen MR) is 131 cm³/mol. The number of benzene rings is 2. The summed E-state index contributed by atoms with van der Waals surface area (Å²) in [5, 5.41) is 4.43. The molecule has 4 rings (SSSR count). The minimum Gasteiger partial charge on any atom is -0.486 e. The van der Waals surface area contributed by atoms with Gasteiger partial charge in [-0.1, -0.05) is 11.6 Å². The zero-order chi connectivity index (χ0) is 22.7. The Balaban J connectivity index is 1.39. The molecule has 168 valence electrons. The SMILES string of the molecule is Cc1cc(NC(=O)c2sc(COc3ccc(Cl)cc3)nc2C)ccc1N1CCN(C)CC1. The number of rotatable bonds is 6. The molecule has 3 aromatic rings. The van der Waals surface area contributed by atoms with E-state index >= 15 is 0 Å². The van der Waals surface area contributed by atoms with Crippen LogP contribution < -0.4 is 15.0 Å². The van der Waals surface area contributed by atoms with Crippen molar-refractivity contribution in [3.8, 4) is 5.75 Å². The molecular formula is C24H27ClN4O2S. The summed E-state index contributed by atoms with van der Waals surface area (Å²) in [6, 6.07) is 13.3. The van der Waals surface area contributed by atoms with E-state index in [0.29, 0.717) is 28.0 Å². The second-order valence-corrected chi connectivity index (χ2v) is 9.53. The van der Waals surface area contributed by atoms with Crippen LogP contribution in [0, 0.1) is 13.8 Å². The Bertz CT molecular complexity index is 1090. The van der Waals surface area contributed by atoms with Crippen molar-refractivity contribution < 1.29 is 9.53 Å². The van der Waals surface area contributed by atoms with E-state index in [1.807, 2.05) is 31.2 Å². The molecule has 32 heavy (non-hydrogen) atoms. The molecule has 0 unspecified atom stereocenters. The number of carbonyl (C=O) groups is 1. The van der Waals surface area contributed by atoms with Crippen molar-refractivity contribution in [2.24, 2.45) is 0 Å². The van der Waals surface area contributed by atoms with Gasteiger partial charge in [0.2, 0.25) is 0 Å². The normalized spacial score (nSPS) is 14.4. The highest BCUT2D eigenvalue weighted by Crippen LogP contribution is 2.26. The maximum absolute atomic E-state index is 12.9. The van der Waals surface area contributed by atoms with Gasteiger partial charge in [-0.15, -0.1) is 11.3 Å². The third kappa shape index (κ3) is 5.41. The molecular weight excluding hydrogens is 444 g/mol. The first-order valence-electron chi connectivity index (χ1n) is 10.6. The van der Waals surface area contributed by atoms with E-state index in [-0.39, 0.29) is 5.91 Å². The van der Waals surface area contributed by atoms with Crippen LogP contribution in [-0.4, -0.2) is 49.0 Å². The van der Waals surface area contributed by atoms with Crippen LogP contribution in [0.5, 0.6) is 5.75 Å². The number of nitrogens with one attached hydrogen (secondary N) is 1. The molecule has 0 saturated carbocycles. The predicted octanol–water partition coefficient (Wildman–Crippen LogP) is 5.00. The number of anilines is 2. The first kappa shape index (κ1) is 22.6. The average molecular weight is 471 g/mol. The van der Waals surface area contributed by atoms with Crippen LogP contribution in [0.4, 0.5) is 11.4 Å². The summed E-state index contributed by atoms with van der Waals surface area (Å²) in [5.41, 5.74) is 3.88. The molecule has 1 aliphatic heterocycles. The monoisotopic (exact) mass is 470 g/mol. The Kier molecular flexibility index (Phi) is 6.98. The van der Waals surface area contributed by atoms with Gasteiger partial charge in [0, 0.05) is 42.6 Å². The van der Waals surface area contributed by atoms with Crippen LogP contribution in [0.3, 0.4) is 0 Å². The van der Waals surface area contributed by atoms with E-state index in [2.05, 4.69) is 40.1 Å². The summed E-state index contributed by atoms with van der Waals surface area (Å²) in [5.74, 6) is 0.564. The maximum atomic E-state index is 12.9. The van der Waals surface area contributed by atoms with Crippen molar-refractivity contribution in [2.45, 2.75) is 20.5 Å². The first-order valence-corrected chi connectivity index (χ1v) is 11.8. The number of aromatic nitrogens is 1. The van der Waals surface area contributed by atoms with Crippen molar-refractivity contribution in [1.29, 1.82) is 0 Å². The molecule has 1 fully saturated rings. The van der Waals surface area contributed by atoms with Crippen LogP contribution in [0.1, 0.15) is 25.9 Å². The standard InChI is InChI=1S/C24H27ClN4O2S/c1-16-14-19(6-9-21(16)29-12-10-28(3)11-13-29)27-24(30)23-17(2)26-22(32-23)15-31-20-7-4-18(25)5-8-20/h4-9,14H,10-13,15H2,1-3H3,(H,27,30). The molecule has 0 spiro atoms. The highest BCUT2D eigenvalue weighted by molar-refractivity contribution is 7.13. The highest BCUT2D eigenvalue weighted by Gasteiger charge is 2.18. The number of carbonyl (C=O) groups excluding carboxylic acids is 1. The fraction of sp³-hybridized carbons (Fsp3) is 0.333. The number of halogens is 1. The zero-order valence-corrected chi connectivity index (χ0v) is 20.1. The lowest BCUT2D eigenvalue weighted by atomic mass is 10.1. The third-order valence-electron chi connectivity index (χ3n) is 5.52. The summed E-state index contributed by atoms with van der Waals surface area (Å²) >= 11 is 7.26. The molecule has 0 aliphatic carbocycles. The molecule has 2 heterocycles. The summed E-state index contributed by atoms with van der Waals surface area (Å²) in [6.07, 6.45) is 0. The van der Waals surface area contributed by atoms with Gasteiger partial charge >= 0.3 is 0 Å². The van der Waals surface area contributed by atoms with Gasteiger partial charge in [-0.3, -0.25) is 4.79 Å². The highest BCUT2D eigenvalue weighted by atomic mass is 35.5. The Morgan fingerprint density at radius 1 is 1.12 bits per heavy atom. The summed E-state index contributed by atoms with van der Waals surface area (Å²) in [7, 11) is 2.15. The Morgan fingerprint density at radius 2 is 1.84 bits per heavy atom. The zero-order valence-electron chi connectivity index (χ0n) is 18.5. The number of hydrogen-bond donors (Lipinski definition) is 1. The second-order valence-electron chi connectivity index (χ2n) is 8.01. The summed E-state index contributed by atoms with van der Waals surface area (Å²) in [6.45, 7) is 8.40. The molecule has 1 N–H and O–H groups in total. The fourth-order valence-corrected chi connectivity index (χ4v) is 4.72. The average Bonchev–Trinajstić information content (AvgIpc) is 3.15. The molecule has 0 radical (unpaired) electrons. The van der Waals surface area contributed by atoms with Crippen LogP contribution in [0.15, 0.2) is 42.5 Å². The molecule has 8 heteroatoms. The largest absolute Gasteiger partial charge is 0.486 e. The minimum absolute atomic E-state index is 0.149. The molecule has 0 atom stereocenters. The van der Waals surface area contributed by atoms with Gasteiger partial charge in [-0.2, -0.15) is 0 Å². The molecule has 0 bridgehead atoms. The van der Waals surface area contributed by atoms with E-state index in [4.69, 9.17) is 16.3 Å². The smallest absolute Gasteiger partial charge is 0.267 e. The van der Waals surface area contributed by atoms with Crippen molar-refractivity contribution in [3.05, 3.63) is 68.6 Å². The van der Waals surface area contributed by atoms with Crippen LogP contribution in [0.25, 0.3) is 0 Å². The van der Waals surface area contributed by atoms with E-state index < -0.39 is 0 Å². The summed E-state index contributed by atoms with van der Waals surface area (Å²) < 4.78 is 5.76. The fourth-order valence-electron chi connectivity index (χ4n) is 3.72. The van der Waals surface area contributed by atoms with Gasteiger partial charge in [0.1, 0.15) is 22.2 Å². The van der Waals surface area contributed by atoms with Gasteiger partial charge in [0.25, 0.3) is 5.91 Å². The van der Waals surface area contributed by atoms with Crippen molar-refractivity contribution >= 4 is 40.2 Å². The Hall–Kier alpha value is -2.61. The lowest BCUT2D eigenvalue weighted by Gasteiger charge is -2.35. The minimum atomic E-state index is -0.149. The quantitative estimate of drug-likeness (QED) is 0.549. The Labute approximate surface area is 197 Å². The van der Waals surface area contributed by atoms with Crippen LogP contribution >= 0.6 is 22.9 Å². The summed E-state index contributed by atoms with van der Waals surface area (Å²) in [4.78, 5) is 22.7. The number of aryl methyl sites for hydroxylation is 2. The number of nitrogens with zero attached hydrogens (tertiary/aromatic N) is 3. The van der Waals surface area contributed by atoms with Crippen molar-refractivity contribution in [2.75, 3.05) is 43.4 Å². The van der Waals surface area contributed by atoms with E-state index in [9.17, 15) is 4.79 Å². The number of amides is 1. The third-order valence-corrected chi connectivity index (χ3v) is 6.90. The molecule has 1 saturated heterocycles. The molecule has 1 amide bonds. The van der Waals surface area contributed by atoms with Crippen molar-refractivity contribution in [1.82, 2.24) is 9.88 Å². The van der Waals surface area contributed by atoms with E-state index in [1.165, 1.54) is 17.0 Å². The number of likely N-dealkylation sites (N-methyl/N-ethyl adjacent to an activating group) is 1. The maximum Gasteiger partial charge on any atom is 0.267 e. The lowest BCUT2D eigenvalue weighted by Crippen LogP contribution is -2.44. The van der Waals surface area contributed by atoms with Gasteiger partial charge in [-0.05, 0) is 68.9 Å². The van der Waals surface area contributed by atoms with Crippen LogP contribution in [0.2, 0.25) is 5.02 Å².